The molecule has 0 spiro atoms. The Bertz CT molecular complexity index is 1110. The predicted molar refractivity (Wildman–Crippen MR) is 108 cm³/mol. The summed E-state index contributed by atoms with van der Waals surface area (Å²) in [7, 11) is 1.69. The second-order valence-corrected chi connectivity index (χ2v) is 8.37. The zero-order valence-corrected chi connectivity index (χ0v) is 17.3. The molecule has 1 aliphatic heterocycles. The number of amides is 1. The van der Waals surface area contributed by atoms with E-state index in [-0.39, 0.29) is 11.4 Å². The minimum Gasteiger partial charge on any atom is -0.339 e. The highest BCUT2D eigenvalue weighted by Gasteiger charge is 2.32. The van der Waals surface area contributed by atoms with Crippen molar-refractivity contribution in [2.75, 3.05) is 18.8 Å². The number of carbonyl (C=O) groups excluding carboxylic acids is 1. The molecular weight excluding hydrogens is 415 g/mol. The van der Waals surface area contributed by atoms with E-state index in [0.29, 0.717) is 22.7 Å². The van der Waals surface area contributed by atoms with Crippen LogP contribution in [0, 0.1) is 0 Å². The van der Waals surface area contributed by atoms with Crippen LogP contribution < -0.4 is 0 Å². The third kappa shape index (κ3) is 3.76. The van der Waals surface area contributed by atoms with Gasteiger partial charge in [0.2, 0.25) is 0 Å². The molecule has 30 heavy (non-hydrogen) atoms. The standard InChI is InChI=1S/C20H20F3N5OS/c1-3-30-15-8-12(19(29)28-6-4-5-7-28)10-24-16(15)18-26-14-9-13(20(21,22)23)11-25-17(14)27(18)2/h8-11H,3-7H2,1-2H3. The third-order valence-electron chi connectivity index (χ3n) is 5.04. The summed E-state index contributed by atoms with van der Waals surface area (Å²) in [5.41, 5.74) is 0.669. The lowest BCUT2D eigenvalue weighted by molar-refractivity contribution is -0.137. The van der Waals surface area contributed by atoms with Gasteiger partial charge in [-0.05, 0) is 30.7 Å². The van der Waals surface area contributed by atoms with E-state index < -0.39 is 11.7 Å². The number of hydrogen-bond acceptors (Lipinski definition) is 5. The number of hydrogen-bond donors (Lipinski definition) is 0. The van der Waals surface area contributed by atoms with Crippen LogP contribution in [0.1, 0.15) is 35.7 Å². The molecule has 6 nitrogen and oxygen atoms in total. The van der Waals surface area contributed by atoms with Crippen LogP contribution in [0.25, 0.3) is 22.7 Å². The Morgan fingerprint density at radius 2 is 1.90 bits per heavy atom. The average molecular weight is 435 g/mol. The van der Waals surface area contributed by atoms with E-state index in [2.05, 4.69) is 15.0 Å². The molecule has 3 aromatic heterocycles. The number of carbonyl (C=O) groups is 1. The molecule has 0 atom stereocenters. The number of aryl methyl sites for hydroxylation is 1. The highest BCUT2D eigenvalue weighted by atomic mass is 32.2. The van der Waals surface area contributed by atoms with Crippen molar-refractivity contribution in [2.24, 2.45) is 7.05 Å². The first-order valence-electron chi connectivity index (χ1n) is 9.61. The monoisotopic (exact) mass is 435 g/mol. The summed E-state index contributed by atoms with van der Waals surface area (Å²) >= 11 is 1.51. The zero-order valence-electron chi connectivity index (χ0n) is 16.5. The molecule has 10 heteroatoms. The van der Waals surface area contributed by atoms with Gasteiger partial charge in [0.25, 0.3) is 5.91 Å². The number of thioether (sulfide) groups is 1. The van der Waals surface area contributed by atoms with Gasteiger partial charge in [0.15, 0.2) is 11.5 Å². The van der Waals surface area contributed by atoms with Gasteiger partial charge in [-0.15, -0.1) is 11.8 Å². The lowest BCUT2D eigenvalue weighted by atomic mass is 10.2. The van der Waals surface area contributed by atoms with Gasteiger partial charge in [-0.2, -0.15) is 13.2 Å². The van der Waals surface area contributed by atoms with E-state index in [1.165, 1.54) is 18.0 Å². The average Bonchev–Trinajstić information content (AvgIpc) is 3.35. The highest BCUT2D eigenvalue weighted by molar-refractivity contribution is 7.99. The van der Waals surface area contributed by atoms with Crippen molar-refractivity contribution in [3.63, 3.8) is 0 Å². The number of aromatic nitrogens is 4. The van der Waals surface area contributed by atoms with Gasteiger partial charge in [0.1, 0.15) is 11.2 Å². The molecule has 1 amide bonds. The van der Waals surface area contributed by atoms with Crippen LogP contribution in [-0.4, -0.2) is 49.2 Å². The van der Waals surface area contributed by atoms with Gasteiger partial charge in [-0.3, -0.25) is 9.78 Å². The summed E-state index contributed by atoms with van der Waals surface area (Å²) in [5, 5.41) is 0. The van der Waals surface area contributed by atoms with Crippen molar-refractivity contribution >= 4 is 28.8 Å². The molecule has 1 fully saturated rings. The topological polar surface area (TPSA) is 63.9 Å². The summed E-state index contributed by atoms with van der Waals surface area (Å²) < 4.78 is 40.7. The molecule has 4 rings (SSSR count). The Morgan fingerprint density at radius 3 is 2.57 bits per heavy atom. The van der Waals surface area contributed by atoms with E-state index in [0.717, 1.165) is 48.8 Å². The normalized spacial score (nSPS) is 14.6. The third-order valence-corrected chi connectivity index (χ3v) is 5.95. The summed E-state index contributed by atoms with van der Waals surface area (Å²) in [6, 6.07) is 2.79. The van der Waals surface area contributed by atoms with E-state index in [9.17, 15) is 18.0 Å². The molecule has 0 aromatic carbocycles. The molecule has 0 aliphatic carbocycles. The molecule has 1 aliphatic rings. The number of alkyl halides is 3. The summed E-state index contributed by atoms with van der Waals surface area (Å²) in [5.74, 6) is 1.11. The minimum atomic E-state index is -4.49. The Hall–Kier alpha value is -2.62. The Balaban J connectivity index is 1.78. The first-order chi connectivity index (χ1) is 14.3. The molecule has 3 aromatic rings. The number of rotatable bonds is 4. The molecule has 0 bridgehead atoms. The molecule has 4 heterocycles. The Labute approximate surface area is 175 Å². The smallest absolute Gasteiger partial charge is 0.339 e. The number of halogens is 3. The summed E-state index contributed by atoms with van der Waals surface area (Å²) in [6.45, 7) is 3.47. The van der Waals surface area contributed by atoms with Crippen LogP contribution in [0.3, 0.4) is 0 Å². The predicted octanol–water partition coefficient (Wildman–Crippen LogP) is 4.40. The van der Waals surface area contributed by atoms with Crippen molar-refractivity contribution in [1.82, 2.24) is 24.4 Å². The van der Waals surface area contributed by atoms with Crippen LogP contribution in [0.4, 0.5) is 13.2 Å². The van der Waals surface area contributed by atoms with Crippen LogP contribution >= 0.6 is 11.8 Å². The van der Waals surface area contributed by atoms with Gasteiger partial charge in [0, 0.05) is 37.4 Å². The Morgan fingerprint density at radius 1 is 1.17 bits per heavy atom. The van der Waals surface area contributed by atoms with Crippen LogP contribution in [0.2, 0.25) is 0 Å². The molecule has 0 N–H and O–H groups in total. The number of imidazole rings is 1. The van der Waals surface area contributed by atoms with Crippen LogP contribution in [0.15, 0.2) is 29.4 Å². The van der Waals surface area contributed by atoms with Crippen molar-refractivity contribution < 1.29 is 18.0 Å². The lowest BCUT2D eigenvalue weighted by Gasteiger charge is -2.16. The molecule has 0 unspecified atom stereocenters. The molecule has 0 saturated carbocycles. The fourth-order valence-corrected chi connectivity index (χ4v) is 4.34. The maximum absolute atomic E-state index is 13.0. The van der Waals surface area contributed by atoms with Gasteiger partial charge in [-0.1, -0.05) is 6.92 Å². The molecule has 1 saturated heterocycles. The quantitative estimate of drug-likeness (QED) is 0.569. The number of nitrogens with zero attached hydrogens (tertiary/aromatic N) is 5. The van der Waals surface area contributed by atoms with E-state index in [4.69, 9.17) is 0 Å². The van der Waals surface area contributed by atoms with Crippen molar-refractivity contribution in [3.05, 3.63) is 35.7 Å². The minimum absolute atomic E-state index is 0.0500. The number of fused-ring (bicyclic) bond motifs is 1. The van der Waals surface area contributed by atoms with Crippen LogP contribution in [-0.2, 0) is 13.2 Å². The Kier molecular flexibility index (Phi) is 5.44. The fraction of sp³-hybridized carbons (Fsp3) is 0.400. The van der Waals surface area contributed by atoms with Gasteiger partial charge < -0.3 is 9.47 Å². The molecule has 0 radical (unpaired) electrons. The SMILES string of the molecule is CCSc1cc(C(=O)N2CCCC2)cnc1-c1nc2cc(C(F)(F)F)cnc2n1C. The second kappa shape index (κ2) is 7.90. The molecule has 158 valence electrons. The second-order valence-electron chi connectivity index (χ2n) is 7.06. The van der Waals surface area contributed by atoms with E-state index >= 15 is 0 Å². The van der Waals surface area contributed by atoms with Gasteiger partial charge in [-0.25, -0.2) is 9.97 Å². The van der Waals surface area contributed by atoms with Crippen molar-refractivity contribution in [3.8, 4) is 11.5 Å². The largest absolute Gasteiger partial charge is 0.417 e. The van der Waals surface area contributed by atoms with Gasteiger partial charge >= 0.3 is 6.18 Å². The van der Waals surface area contributed by atoms with E-state index in [1.807, 2.05) is 11.8 Å². The van der Waals surface area contributed by atoms with Crippen molar-refractivity contribution in [2.45, 2.75) is 30.8 Å². The van der Waals surface area contributed by atoms with Crippen molar-refractivity contribution in [1.29, 1.82) is 0 Å². The first kappa shape index (κ1) is 20.6. The fourth-order valence-electron chi connectivity index (χ4n) is 3.54. The van der Waals surface area contributed by atoms with Crippen LogP contribution in [0.5, 0.6) is 0 Å². The first-order valence-corrected chi connectivity index (χ1v) is 10.6. The summed E-state index contributed by atoms with van der Waals surface area (Å²) in [6.07, 6.45) is -0.163. The number of pyridine rings is 2. The maximum Gasteiger partial charge on any atom is 0.417 e. The summed E-state index contributed by atoms with van der Waals surface area (Å²) in [4.78, 5) is 28.1. The van der Waals surface area contributed by atoms with E-state index in [1.54, 1.807) is 17.7 Å². The maximum atomic E-state index is 13.0. The highest BCUT2D eigenvalue weighted by Crippen LogP contribution is 2.34. The lowest BCUT2D eigenvalue weighted by Crippen LogP contribution is -2.27. The van der Waals surface area contributed by atoms with Gasteiger partial charge in [0.05, 0.1) is 11.1 Å². The zero-order chi connectivity index (χ0) is 21.5. The molecular formula is C20H20F3N5OS. The number of likely N-dealkylation sites (tertiary alicyclic amines) is 1.